The van der Waals surface area contributed by atoms with Gasteiger partial charge in [-0.15, -0.1) is 23.2 Å². The topological polar surface area (TPSA) is 128 Å². The van der Waals surface area contributed by atoms with Gasteiger partial charge < -0.3 is 24.8 Å². The van der Waals surface area contributed by atoms with E-state index in [1.807, 2.05) is 0 Å². The molecule has 3 aliphatic carbocycles. The van der Waals surface area contributed by atoms with Crippen LogP contribution in [0.3, 0.4) is 0 Å². The molecule has 0 saturated heterocycles. The van der Waals surface area contributed by atoms with Crippen LogP contribution in [-0.2, 0) is 4.79 Å². The maximum absolute atomic E-state index is 12.6. The Bertz CT molecular complexity index is 1500. The second kappa shape index (κ2) is 7.15. The highest BCUT2D eigenvalue weighted by molar-refractivity contribution is 6.66. The van der Waals surface area contributed by atoms with E-state index in [-0.39, 0.29) is 32.2 Å². The Morgan fingerprint density at radius 1 is 0.912 bits per heavy atom. The predicted octanol–water partition coefficient (Wildman–Crippen LogP) is 5.64. The van der Waals surface area contributed by atoms with Gasteiger partial charge in [0.05, 0.1) is 16.0 Å². The van der Waals surface area contributed by atoms with Gasteiger partial charge in [0.15, 0.2) is 21.4 Å². The lowest BCUT2D eigenvalue weighted by atomic mass is 9.74. The minimum absolute atomic E-state index is 0.0415. The maximum atomic E-state index is 12.6. The van der Waals surface area contributed by atoms with Gasteiger partial charge in [-0.3, -0.25) is 9.59 Å². The molecule has 1 aromatic carbocycles. The minimum atomic E-state index is -2.24. The Kier molecular flexibility index (Phi) is 5.04. The van der Waals surface area contributed by atoms with E-state index in [4.69, 9.17) is 74.0 Å². The Morgan fingerprint density at radius 3 is 2.15 bits per heavy atom. The molecule has 1 aromatic rings. The molecule has 0 radical (unpaired) electrons. The van der Waals surface area contributed by atoms with Crippen molar-refractivity contribution < 1.29 is 29.6 Å². The SMILES string of the molecule is O=C(O)[C@H]1[C@@H](c2c3ccc(=O)c(O)c-3oc3c(O)c(O)ccc23)[C@]2(Cl)C(Cl)=C(Cl)[C@]1(Cl)C2(Cl)Cl. The van der Waals surface area contributed by atoms with E-state index in [9.17, 15) is 30.0 Å². The number of rotatable bonds is 2. The molecule has 4 aliphatic rings. The lowest BCUT2D eigenvalue weighted by Gasteiger charge is -2.36. The quantitative estimate of drug-likeness (QED) is 0.174. The first-order valence-electron chi connectivity index (χ1n) is 9.40. The first-order chi connectivity index (χ1) is 15.7. The van der Waals surface area contributed by atoms with Crippen LogP contribution in [0.2, 0.25) is 0 Å². The molecule has 178 valence electrons. The summed E-state index contributed by atoms with van der Waals surface area (Å²) in [7, 11) is 0. The van der Waals surface area contributed by atoms with Crippen molar-refractivity contribution in [3.8, 4) is 28.6 Å². The van der Waals surface area contributed by atoms with Gasteiger partial charge in [-0.2, -0.15) is 0 Å². The molecule has 1 aliphatic heterocycles. The van der Waals surface area contributed by atoms with E-state index in [1.165, 1.54) is 12.1 Å². The Hall–Kier alpha value is -1.74. The highest BCUT2D eigenvalue weighted by Crippen LogP contribution is 2.79. The fourth-order valence-electron chi connectivity index (χ4n) is 4.99. The Morgan fingerprint density at radius 2 is 1.53 bits per heavy atom. The standard InChI is InChI=1S/C21H10Cl6O7/c22-16-17(23)20(25)11(18(32)33)10(19(16,24)21(20,26)27)9-5-1-3-7(28)12(30)14(5)34-15-6(9)2-4-8(29)13(15)31/h1-4,10-11,28,30-31H,(H,32,33)/t10-,11-,19+,20+/m1/s1. The molecule has 2 bridgehead atoms. The van der Waals surface area contributed by atoms with Crippen molar-refractivity contribution in [1.29, 1.82) is 0 Å². The van der Waals surface area contributed by atoms with Crippen LogP contribution in [0.25, 0.3) is 22.3 Å². The molecule has 13 heteroatoms. The van der Waals surface area contributed by atoms with E-state index >= 15 is 0 Å². The van der Waals surface area contributed by atoms with Crippen LogP contribution in [0.1, 0.15) is 11.5 Å². The molecule has 1 heterocycles. The largest absolute Gasteiger partial charge is 0.504 e. The van der Waals surface area contributed by atoms with E-state index < -0.39 is 60.3 Å². The third-order valence-electron chi connectivity index (χ3n) is 6.50. The second-order valence-electron chi connectivity index (χ2n) is 8.03. The third kappa shape index (κ3) is 2.48. The van der Waals surface area contributed by atoms with Gasteiger partial charge in [0, 0.05) is 16.9 Å². The average Bonchev–Trinajstić information content (AvgIpc) is 2.98. The number of carbonyl (C=O) groups is 1. The van der Waals surface area contributed by atoms with Gasteiger partial charge >= 0.3 is 5.97 Å². The van der Waals surface area contributed by atoms with Crippen molar-refractivity contribution in [3.05, 3.63) is 50.1 Å². The Labute approximate surface area is 219 Å². The van der Waals surface area contributed by atoms with E-state index in [1.54, 1.807) is 0 Å². The zero-order valence-electron chi connectivity index (χ0n) is 16.2. The lowest BCUT2D eigenvalue weighted by molar-refractivity contribution is -0.142. The van der Waals surface area contributed by atoms with Crippen LogP contribution in [0, 0.1) is 5.92 Å². The van der Waals surface area contributed by atoms with Crippen molar-refractivity contribution in [2.75, 3.05) is 0 Å². The number of aromatic hydroxyl groups is 3. The summed E-state index contributed by atoms with van der Waals surface area (Å²) in [6.45, 7) is 0. The number of phenolic OH excluding ortho intramolecular Hbond substituents is 3. The number of hydrogen-bond donors (Lipinski definition) is 4. The fourth-order valence-corrected chi connectivity index (χ4v) is 7.93. The zero-order valence-corrected chi connectivity index (χ0v) is 20.8. The summed E-state index contributed by atoms with van der Waals surface area (Å²) in [5.41, 5.74) is -1.10. The predicted molar refractivity (Wildman–Crippen MR) is 128 cm³/mol. The van der Waals surface area contributed by atoms with Crippen molar-refractivity contribution in [1.82, 2.24) is 0 Å². The molecule has 4 N–H and O–H groups in total. The smallest absolute Gasteiger partial charge is 0.309 e. The second-order valence-corrected chi connectivity index (χ2v) is 11.3. The minimum Gasteiger partial charge on any atom is -0.504 e. The summed E-state index contributed by atoms with van der Waals surface area (Å²) in [4.78, 5) is 20.4. The number of fused-ring (bicyclic) bond motifs is 4. The number of carboxylic acids is 1. The molecular formula is C21H10Cl6O7. The van der Waals surface area contributed by atoms with Crippen LogP contribution < -0.4 is 5.43 Å². The number of hydrogen-bond acceptors (Lipinski definition) is 6. The summed E-state index contributed by atoms with van der Waals surface area (Å²) in [6, 6.07) is 4.75. The summed E-state index contributed by atoms with van der Waals surface area (Å²) >= 11 is 39.7. The summed E-state index contributed by atoms with van der Waals surface area (Å²) in [5.74, 6) is -7.12. The summed E-state index contributed by atoms with van der Waals surface area (Å²) in [6.07, 6.45) is 0. The molecular weight excluding hydrogens is 577 g/mol. The molecule has 34 heavy (non-hydrogen) atoms. The highest BCUT2D eigenvalue weighted by Gasteiger charge is 2.84. The summed E-state index contributed by atoms with van der Waals surface area (Å²) < 4.78 is 3.34. The summed E-state index contributed by atoms with van der Waals surface area (Å²) in [5, 5.41) is 40.6. The first-order valence-corrected chi connectivity index (χ1v) is 11.7. The number of phenols is 3. The molecule has 0 unspecified atom stereocenters. The van der Waals surface area contributed by atoms with Gasteiger partial charge in [-0.1, -0.05) is 46.4 Å². The highest BCUT2D eigenvalue weighted by atomic mass is 35.5. The van der Waals surface area contributed by atoms with E-state index in [0.29, 0.717) is 0 Å². The fraction of sp³-hybridized carbons (Fsp3) is 0.238. The molecule has 7 nitrogen and oxygen atoms in total. The van der Waals surface area contributed by atoms with Gasteiger partial charge in [0.25, 0.3) is 0 Å². The van der Waals surface area contributed by atoms with Crippen LogP contribution in [0.15, 0.2) is 43.5 Å². The zero-order chi connectivity index (χ0) is 25.1. The number of allylic oxidation sites excluding steroid dienone is 2. The van der Waals surface area contributed by atoms with Crippen LogP contribution in [0.5, 0.6) is 17.2 Å². The number of carboxylic acid groups (broad SMARTS) is 1. The lowest BCUT2D eigenvalue weighted by Crippen LogP contribution is -2.45. The van der Waals surface area contributed by atoms with Gasteiger partial charge in [-0.25, -0.2) is 0 Å². The number of alkyl halides is 4. The van der Waals surface area contributed by atoms with Crippen molar-refractivity contribution in [2.45, 2.75) is 20.0 Å². The number of halogens is 6. The van der Waals surface area contributed by atoms with E-state index in [2.05, 4.69) is 0 Å². The van der Waals surface area contributed by atoms with Gasteiger partial charge in [0.2, 0.25) is 16.9 Å². The van der Waals surface area contributed by atoms with Gasteiger partial charge in [0.1, 0.15) is 9.75 Å². The number of benzene rings is 2. The molecule has 1 saturated carbocycles. The normalized spacial score (nSPS) is 29.9. The molecule has 1 fully saturated rings. The molecule has 4 atom stereocenters. The molecule has 0 aromatic heterocycles. The van der Waals surface area contributed by atoms with Crippen LogP contribution in [-0.4, -0.2) is 40.5 Å². The average molecular weight is 587 g/mol. The van der Waals surface area contributed by atoms with E-state index in [0.717, 1.165) is 12.1 Å². The van der Waals surface area contributed by atoms with Crippen LogP contribution in [0.4, 0.5) is 0 Å². The van der Waals surface area contributed by atoms with Crippen molar-refractivity contribution >= 4 is 86.5 Å². The Balaban J connectivity index is 2.02. The molecule has 0 spiro atoms. The maximum Gasteiger partial charge on any atom is 0.309 e. The molecule has 0 amide bonds. The van der Waals surface area contributed by atoms with Crippen LogP contribution >= 0.6 is 69.6 Å². The van der Waals surface area contributed by atoms with Gasteiger partial charge in [-0.05, 0) is 29.8 Å². The van der Waals surface area contributed by atoms with Crippen molar-refractivity contribution in [3.63, 3.8) is 0 Å². The van der Waals surface area contributed by atoms with Crippen molar-refractivity contribution in [2.24, 2.45) is 5.92 Å². The first kappa shape index (κ1) is 24.0. The number of aliphatic carboxylic acids is 1. The monoisotopic (exact) mass is 584 g/mol. The third-order valence-corrected chi connectivity index (χ3v) is 10.8. The molecule has 5 rings (SSSR count).